The second-order valence-corrected chi connectivity index (χ2v) is 7.56. The highest BCUT2D eigenvalue weighted by Gasteiger charge is 2.35. The zero-order valence-electron chi connectivity index (χ0n) is 15.7. The van der Waals surface area contributed by atoms with Gasteiger partial charge in [0.1, 0.15) is 0 Å². The third kappa shape index (κ3) is 3.39. The van der Waals surface area contributed by atoms with Gasteiger partial charge in [-0.1, -0.05) is 26.0 Å². The number of fused-ring (bicyclic) bond motifs is 1. The molecule has 27 heavy (non-hydrogen) atoms. The molecule has 7 nitrogen and oxygen atoms in total. The van der Waals surface area contributed by atoms with Gasteiger partial charge in [-0.05, 0) is 38.1 Å². The van der Waals surface area contributed by atoms with E-state index in [1.165, 1.54) is 4.90 Å². The van der Waals surface area contributed by atoms with E-state index < -0.39 is 0 Å². The van der Waals surface area contributed by atoms with E-state index >= 15 is 0 Å². The molecular weight excluding hydrogens is 344 g/mol. The largest absolute Gasteiger partial charge is 0.425 e. The number of hydrogen-bond acceptors (Lipinski definition) is 6. The molecule has 0 radical (unpaired) electrons. The lowest BCUT2D eigenvalue weighted by Gasteiger charge is -2.31. The molecule has 0 bridgehead atoms. The van der Waals surface area contributed by atoms with Crippen molar-refractivity contribution in [3.63, 3.8) is 0 Å². The van der Waals surface area contributed by atoms with Crippen LogP contribution in [0.15, 0.2) is 28.7 Å². The number of amides is 2. The highest BCUT2D eigenvalue weighted by atomic mass is 16.4. The van der Waals surface area contributed by atoms with E-state index in [2.05, 4.69) is 15.1 Å². The van der Waals surface area contributed by atoms with Gasteiger partial charge in [0.2, 0.25) is 11.8 Å². The van der Waals surface area contributed by atoms with E-state index in [9.17, 15) is 9.59 Å². The van der Waals surface area contributed by atoms with Crippen LogP contribution in [0.3, 0.4) is 0 Å². The molecule has 4 rings (SSSR count). The van der Waals surface area contributed by atoms with Gasteiger partial charge < -0.3 is 9.32 Å². The van der Waals surface area contributed by atoms with Crippen molar-refractivity contribution in [3.8, 4) is 0 Å². The number of piperidine rings is 1. The molecule has 0 unspecified atom stereocenters. The van der Waals surface area contributed by atoms with Crippen molar-refractivity contribution in [2.45, 2.75) is 38.5 Å². The number of carbonyl (C=O) groups excluding carboxylic acids is 2. The summed E-state index contributed by atoms with van der Waals surface area (Å²) in [6.45, 7) is 6.99. The number of benzene rings is 1. The van der Waals surface area contributed by atoms with Gasteiger partial charge in [-0.2, -0.15) is 0 Å². The zero-order valence-corrected chi connectivity index (χ0v) is 15.7. The minimum Gasteiger partial charge on any atom is -0.425 e. The van der Waals surface area contributed by atoms with Crippen molar-refractivity contribution in [1.29, 1.82) is 0 Å². The van der Waals surface area contributed by atoms with Gasteiger partial charge in [0.05, 0.1) is 11.1 Å². The molecule has 0 spiro atoms. The minimum atomic E-state index is -0.183. The fraction of sp³-hybridized carbons (Fsp3) is 0.500. The molecule has 1 fully saturated rings. The Morgan fingerprint density at radius 2 is 1.67 bits per heavy atom. The maximum atomic E-state index is 12.4. The summed E-state index contributed by atoms with van der Waals surface area (Å²) < 4.78 is 5.79. The van der Waals surface area contributed by atoms with Crippen molar-refractivity contribution in [2.75, 3.05) is 26.2 Å². The zero-order chi connectivity index (χ0) is 19.0. The Balaban J connectivity index is 1.30. The first-order valence-electron chi connectivity index (χ1n) is 9.55. The van der Waals surface area contributed by atoms with E-state index in [4.69, 9.17) is 4.42 Å². The number of aromatic nitrogens is 2. The van der Waals surface area contributed by atoms with Crippen molar-refractivity contribution in [1.82, 2.24) is 20.0 Å². The molecule has 0 saturated carbocycles. The van der Waals surface area contributed by atoms with Crippen LogP contribution in [0, 0.1) is 0 Å². The maximum absolute atomic E-state index is 12.4. The number of nitrogens with zero attached hydrogens (tertiary/aromatic N) is 4. The maximum Gasteiger partial charge on any atom is 0.261 e. The molecule has 7 heteroatoms. The lowest BCUT2D eigenvalue weighted by molar-refractivity contribution is 0.0629. The minimum absolute atomic E-state index is 0.183. The average molecular weight is 368 g/mol. The molecule has 1 aromatic carbocycles. The summed E-state index contributed by atoms with van der Waals surface area (Å²) in [5.74, 6) is 1.60. The Bertz CT molecular complexity index is 817. The van der Waals surface area contributed by atoms with Crippen molar-refractivity contribution >= 4 is 11.8 Å². The van der Waals surface area contributed by atoms with E-state index in [1.54, 1.807) is 24.3 Å². The van der Waals surface area contributed by atoms with Crippen LogP contribution in [0.2, 0.25) is 0 Å². The molecule has 2 aliphatic rings. The van der Waals surface area contributed by atoms with Crippen LogP contribution in [0.1, 0.15) is 71.0 Å². The van der Waals surface area contributed by atoms with Gasteiger partial charge in [-0.3, -0.25) is 14.5 Å². The lowest BCUT2D eigenvalue weighted by Crippen LogP contribution is -2.41. The quantitative estimate of drug-likeness (QED) is 0.755. The lowest BCUT2D eigenvalue weighted by atomic mass is 9.97. The molecule has 2 aromatic rings. The molecule has 3 heterocycles. The van der Waals surface area contributed by atoms with Crippen molar-refractivity contribution in [3.05, 3.63) is 47.2 Å². The van der Waals surface area contributed by atoms with Crippen LogP contribution >= 0.6 is 0 Å². The summed E-state index contributed by atoms with van der Waals surface area (Å²) in [5, 5.41) is 8.33. The number of likely N-dealkylation sites (tertiary alicyclic amines) is 1. The van der Waals surface area contributed by atoms with Gasteiger partial charge in [-0.25, -0.2) is 0 Å². The SMILES string of the molecule is CC(C)c1nnc(C2CCN(CCN3C(=O)c4ccccc4C3=O)CC2)o1. The summed E-state index contributed by atoms with van der Waals surface area (Å²) >= 11 is 0. The third-order valence-electron chi connectivity index (χ3n) is 5.40. The Labute approximate surface area is 158 Å². The normalized spacial score (nSPS) is 18.6. The van der Waals surface area contributed by atoms with Gasteiger partial charge in [-0.15, -0.1) is 10.2 Å². The highest BCUT2D eigenvalue weighted by molar-refractivity contribution is 6.21. The van der Waals surface area contributed by atoms with Gasteiger partial charge in [0.25, 0.3) is 11.8 Å². The second kappa shape index (κ2) is 7.23. The smallest absolute Gasteiger partial charge is 0.261 e. The Morgan fingerprint density at radius 1 is 1.04 bits per heavy atom. The first-order chi connectivity index (χ1) is 13.0. The fourth-order valence-corrected chi connectivity index (χ4v) is 3.73. The van der Waals surface area contributed by atoms with Crippen LogP contribution in [-0.2, 0) is 0 Å². The molecule has 1 aromatic heterocycles. The number of rotatable bonds is 5. The molecule has 0 aliphatic carbocycles. The van der Waals surface area contributed by atoms with Crippen LogP contribution in [-0.4, -0.2) is 58.0 Å². The standard InChI is InChI=1S/C20H24N4O3/c1-13(2)17-21-22-18(27-17)14-7-9-23(10-8-14)11-12-24-19(25)15-5-3-4-6-16(15)20(24)26/h3-6,13-14H,7-12H2,1-2H3. The van der Waals surface area contributed by atoms with Gasteiger partial charge >= 0.3 is 0 Å². The van der Waals surface area contributed by atoms with E-state index in [1.807, 2.05) is 13.8 Å². The first-order valence-corrected chi connectivity index (χ1v) is 9.55. The van der Waals surface area contributed by atoms with Gasteiger partial charge in [0.15, 0.2) is 0 Å². The van der Waals surface area contributed by atoms with Crippen LogP contribution < -0.4 is 0 Å². The second-order valence-electron chi connectivity index (χ2n) is 7.56. The molecule has 142 valence electrons. The van der Waals surface area contributed by atoms with E-state index in [-0.39, 0.29) is 17.7 Å². The summed E-state index contributed by atoms with van der Waals surface area (Å²) in [4.78, 5) is 28.5. The Hall–Kier alpha value is -2.54. The summed E-state index contributed by atoms with van der Waals surface area (Å²) in [6, 6.07) is 7.02. The fourth-order valence-electron chi connectivity index (χ4n) is 3.73. The first kappa shape index (κ1) is 17.9. The van der Waals surface area contributed by atoms with E-state index in [0.717, 1.165) is 31.8 Å². The van der Waals surface area contributed by atoms with Crippen molar-refractivity contribution in [2.24, 2.45) is 0 Å². The molecule has 1 saturated heterocycles. The number of hydrogen-bond donors (Lipinski definition) is 0. The third-order valence-corrected chi connectivity index (χ3v) is 5.40. The number of imide groups is 1. The molecule has 2 aliphatic heterocycles. The molecule has 2 amide bonds. The topological polar surface area (TPSA) is 79.5 Å². The van der Waals surface area contributed by atoms with Crippen LogP contribution in [0.4, 0.5) is 0 Å². The summed E-state index contributed by atoms with van der Waals surface area (Å²) in [5.41, 5.74) is 1.03. The average Bonchev–Trinajstić information content (AvgIpc) is 3.26. The Morgan fingerprint density at radius 3 is 2.22 bits per heavy atom. The Kier molecular flexibility index (Phi) is 4.78. The molecular formula is C20H24N4O3. The van der Waals surface area contributed by atoms with Crippen LogP contribution in [0.25, 0.3) is 0 Å². The summed E-state index contributed by atoms with van der Waals surface area (Å²) in [6.07, 6.45) is 1.89. The van der Waals surface area contributed by atoms with E-state index in [0.29, 0.717) is 36.0 Å². The number of carbonyl (C=O) groups is 2. The summed E-state index contributed by atoms with van der Waals surface area (Å²) in [7, 11) is 0. The van der Waals surface area contributed by atoms with Crippen LogP contribution in [0.5, 0.6) is 0 Å². The highest BCUT2D eigenvalue weighted by Crippen LogP contribution is 2.28. The van der Waals surface area contributed by atoms with Gasteiger partial charge in [0, 0.05) is 24.9 Å². The monoisotopic (exact) mass is 368 g/mol. The predicted octanol–water partition coefficient (Wildman–Crippen LogP) is 2.67. The van der Waals surface area contributed by atoms with Crippen molar-refractivity contribution < 1.29 is 14.0 Å². The molecule has 0 N–H and O–H groups in total. The molecule has 0 atom stereocenters. The predicted molar refractivity (Wildman–Crippen MR) is 98.6 cm³/mol.